The molecule has 1 amide bonds. The Kier molecular flexibility index (Phi) is 3.89. The summed E-state index contributed by atoms with van der Waals surface area (Å²) in [6.45, 7) is 3.58. The molecule has 1 heterocycles. The largest absolute Gasteiger partial charge is 0.485 e. The third kappa shape index (κ3) is 2.88. The lowest BCUT2D eigenvalue weighted by Crippen LogP contribution is -2.16. The zero-order chi connectivity index (χ0) is 14.7. The molecule has 0 atom stereocenters. The van der Waals surface area contributed by atoms with E-state index in [-0.39, 0.29) is 18.0 Å². The highest BCUT2D eigenvalue weighted by atomic mass is 16.5. The van der Waals surface area contributed by atoms with Crippen molar-refractivity contribution in [3.8, 4) is 5.75 Å². The van der Waals surface area contributed by atoms with Crippen molar-refractivity contribution >= 4 is 11.7 Å². The zero-order valence-corrected chi connectivity index (χ0v) is 11.4. The van der Waals surface area contributed by atoms with E-state index in [1.807, 2.05) is 13.8 Å². The van der Waals surface area contributed by atoms with Crippen LogP contribution in [0.4, 0.5) is 0 Å². The first-order chi connectivity index (χ1) is 9.49. The maximum atomic E-state index is 12.1. The predicted molar refractivity (Wildman–Crippen MR) is 75.1 cm³/mol. The van der Waals surface area contributed by atoms with Gasteiger partial charge >= 0.3 is 0 Å². The molecule has 2 rings (SSSR count). The Balaban J connectivity index is 2.11. The molecule has 0 saturated carbocycles. The number of nitrogens with one attached hydrogen (secondary N) is 1. The van der Waals surface area contributed by atoms with Gasteiger partial charge in [0, 0.05) is 17.0 Å². The molecule has 2 aromatic rings. The van der Waals surface area contributed by atoms with Crippen molar-refractivity contribution < 1.29 is 14.3 Å². The van der Waals surface area contributed by atoms with Gasteiger partial charge in [-0.05, 0) is 32.0 Å². The van der Waals surface area contributed by atoms with Crippen molar-refractivity contribution in [2.75, 3.05) is 6.61 Å². The van der Waals surface area contributed by atoms with Crippen LogP contribution >= 0.6 is 0 Å². The van der Waals surface area contributed by atoms with Crippen molar-refractivity contribution in [3.63, 3.8) is 0 Å². The van der Waals surface area contributed by atoms with Gasteiger partial charge in [-0.1, -0.05) is 12.1 Å². The molecule has 0 radical (unpaired) electrons. The third-order valence-electron chi connectivity index (χ3n) is 2.96. The highest BCUT2D eigenvalue weighted by Gasteiger charge is 2.14. The average molecular weight is 272 g/mol. The number of hydrogen-bond acceptors (Lipinski definition) is 3. The fourth-order valence-electron chi connectivity index (χ4n) is 2.03. The molecule has 0 spiro atoms. The number of aromatic amines is 1. The lowest BCUT2D eigenvalue weighted by molar-refractivity contribution is 0.0911. The Bertz CT molecular complexity index is 659. The van der Waals surface area contributed by atoms with Crippen molar-refractivity contribution in [1.29, 1.82) is 0 Å². The minimum absolute atomic E-state index is 0.136. The SMILES string of the molecule is Cc1cc(C(=O)COc2ccccc2C(N)=O)c(C)[nH]1. The predicted octanol–water partition coefficient (Wildman–Crippen LogP) is 1.99. The van der Waals surface area contributed by atoms with Crippen LogP contribution in [0.2, 0.25) is 0 Å². The molecular weight excluding hydrogens is 256 g/mol. The van der Waals surface area contributed by atoms with Gasteiger partial charge in [-0.3, -0.25) is 9.59 Å². The number of rotatable bonds is 5. The molecule has 3 N–H and O–H groups in total. The molecule has 0 aliphatic rings. The molecule has 0 fully saturated rings. The number of amides is 1. The number of aromatic nitrogens is 1. The van der Waals surface area contributed by atoms with Crippen molar-refractivity contribution in [2.45, 2.75) is 13.8 Å². The van der Waals surface area contributed by atoms with Gasteiger partial charge in [0.25, 0.3) is 5.91 Å². The van der Waals surface area contributed by atoms with E-state index in [1.54, 1.807) is 30.3 Å². The van der Waals surface area contributed by atoms with E-state index in [0.717, 1.165) is 11.4 Å². The molecular formula is C15H16N2O3. The summed E-state index contributed by atoms with van der Waals surface area (Å²) in [4.78, 5) is 26.4. The van der Waals surface area contributed by atoms with Crippen molar-refractivity contribution in [3.05, 3.63) is 52.8 Å². The molecule has 0 aliphatic carbocycles. The van der Waals surface area contributed by atoms with Crippen LogP contribution in [0.5, 0.6) is 5.75 Å². The lowest BCUT2D eigenvalue weighted by atomic mass is 10.1. The fourth-order valence-corrected chi connectivity index (χ4v) is 2.03. The molecule has 104 valence electrons. The van der Waals surface area contributed by atoms with Gasteiger partial charge in [-0.25, -0.2) is 0 Å². The van der Waals surface area contributed by atoms with Gasteiger partial charge < -0.3 is 15.5 Å². The zero-order valence-electron chi connectivity index (χ0n) is 11.4. The Labute approximate surface area is 116 Å². The summed E-state index contributed by atoms with van der Waals surface area (Å²) in [6.07, 6.45) is 0. The average Bonchev–Trinajstić information content (AvgIpc) is 2.75. The maximum absolute atomic E-state index is 12.1. The molecule has 5 nitrogen and oxygen atoms in total. The van der Waals surface area contributed by atoms with Crippen LogP contribution < -0.4 is 10.5 Å². The van der Waals surface area contributed by atoms with E-state index >= 15 is 0 Å². The normalized spacial score (nSPS) is 10.3. The Morgan fingerprint density at radius 1 is 1.20 bits per heavy atom. The maximum Gasteiger partial charge on any atom is 0.252 e. The summed E-state index contributed by atoms with van der Waals surface area (Å²) in [5.41, 5.74) is 7.84. The van der Waals surface area contributed by atoms with E-state index < -0.39 is 5.91 Å². The van der Waals surface area contributed by atoms with Crippen molar-refractivity contribution in [2.24, 2.45) is 5.73 Å². The molecule has 1 aromatic carbocycles. The lowest BCUT2D eigenvalue weighted by Gasteiger charge is -2.08. The second-order valence-electron chi connectivity index (χ2n) is 4.56. The number of nitrogens with two attached hydrogens (primary N) is 1. The molecule has 0 unspecified atom stereocenters. The molecule has 20 heavy (non-hydrogen) atoms. The van der Waals surface area contributed by atoms with E-state index in [4.69, 9.17) is 10.5 Å². The van der Waals surface area contributed by atoms with Crippen LogP contribution in [0.3, 0.4) is 0 Å². The van der Waals surface area contributed by atoms with Gasteiger partial charge in [0.15, 0.2) is 6.61 Å². The van der Waals surface area contributed by atoms with Gasteiger partial charge in [-0.15, -0.1) is 0 Å². The van der Waals surface area contributed by atoms with Gasteiger partial charge in [0.05, 0.1) is 5.56 Å². The Hall–Kier alpha value is -2.56. The number of para-hydroxylation sites is 1. The molecule has 0 aliphatic heterocycles. The van der Waals surface area contributed by atoms with E-state index in [0.29, 0.717) is 11.3 Å². The summed E-state index contributed by atoms with van der Waals surface area (Å²) in [6, 6.07) is 8.36. The monoisotopic (exact) mass is 272 g/mol. The fraction of sp³-hybridized carbons (Fsp3) is 0.200. The van der Waals surface area contributed by atoms with Crippen LogP contribution in [0.15, 0.2) is 30.3 Å². The van der Waals surface area contributed by atoms with Crippen LogP contribution in [0.1, 0.15) is 32.1 Å². The summed E-state index contributed by atoms with van der Waals surface area (Å²) in [5.74, 6) is -0.411. The van der Waals surface area contributed by atoms with Crippen LogP contribution in [-0.2, 0) is 0 Å². The number of ketones is 1. The molecule has 0 bridgehead atoms. The third-order valence-corrected chi connectivity index (χ3v) is 2.96. The second-order valence-corrected chi connectivity index (χ2v) is 4.56. The molecule has 1 aromatic heterocycles. The number of carbonyl (C=O) groups excluding carboxylic acids is 2. The summed E-state index contributed by atoms with van der Waals surface area (Å²) in [7, 11) is 0. The molecule has 0 saturated heterocycles. The van der Waals surface area contributed by atoms with Gasteiger partial charge in [0.1, 0.15) is 5.75 Å². The summed E-state index contributed by atoms with van der Waals surface area (Å²) >= 11 is 0. The standard InChI is InChI=1S/C15H16N2O3/c1-9-7-12(10(2)17-9)13(18)8-20-14-6-4-3-5-11(14)15(16)19/h3-7,17H,8H2,1-2H3,(H2,16,19). The number of aryl methyl sites for hydroxylation is 2. The Morgan fingerprint density at radius 2 is 1.90 bits per heavy atom. The molecule has 5 heteroatoms. The highest BCUT2D eigenvalue weighted by molar-refractivity contribution is 5.99. The smallest absolute Gasteiger partial charge is 0.252 e. The number of carbonyl (C=O) groups is 2. The number of ether oxygens (including phenoxy) is 1. The topological polar surface area (TPSA) is 85.2 Å². The van der Waals surface area contributed by atoms with E-state index in [1.165, 1.54) is 0 Å². The van der Waals surface area contributed by atoms with Crippen LogP contribution in [-0.4, -0.2) is 23.3 Å². The Morgan fingerprint density at radius 3 is 2.50 bits per heavy atom. The highest BCUT2D eigenvalue weighted by Crippen LogP contribution is 2.18. The quantitative estimate of drug-likeness (QED) is 0.816. The first-order valence-electron chi connectivity index (χ1n) is 6.20. The second kappa shape index (κ2) is 5.61. The first-order valence-corrected chi connectivity index (χ1v) is 6.20. The van der Waals surface area contributed by atoms with Crippen LogP contribution in [0, 0.1) is 13.8 Å². The number of H-pyrrole nitrogens is 1. The minimum atomic E-state index is -0.582. The summed E-state index contributed by atoms with van der Waals surface area (Å²) < 4.78 is 5.41. The summed E-state index contributed by atoms with van der Waals surface area (Å²) in [5, 5.41) is 0. The van der Waals surface area contributed by atoms with Crippen molar-refractivity contribution in [1.82, 2.24) is 4.98 Å². The van der Waals surface area contributed by atoms with Gasteiger partial charge in [-0.2, -0.15) is 0 Å². The minimum Gasteiger partial charge on any atom is -0.485 e. The van der Waals surface area contributed by atoms with E-state index in [9.17, 15) is 9.59 Å². The van der Waals surface area contributed by atoms with Gasteiger partial charge in [0.2, 0.25) is 5.78 Å². The number of primary amides is 1. The number of benzene rings is 1. The number of hydrogen-bond donors (Lipinski definition) is 2. The first kappa shape index (κ1) is 13.9. The van der Waals surface area contributed by atoms with Crippen LogP contribution in [0.25, 0.3) is 0 Å². The van der Waals surface area contributed by atoms with E-state index in [2.05, 4.69) is 4.98 Å². The number of Topliss-reactive ketones (excluding diaryl/α,β-unsaturated/α-hetero) is 1.